The van der Waals surface area contributed by atoms with Gasteiger partial charge in [-0.3, -0.25) is 4.72 Å². The summed E-state index contributed by atoms with van der Waals surface area (Å²) in [5, 5.41) is 0.269. The first-order valence-electron chi connectivity index (χ1n) is 7.91. The van der Waals surface area contributed by atoms with Crippen LogP contribution in [0.4, 0.5) is 9.52 Å². The molecule has 0 radical (unpaired) electrons. The fourth-order valence-electron chi connectivity index (χ4n) is 2.34. The third-order valence-corrected chi connectivity index (χ3v) is 5.88. The first-order valence-corrected chi connectivity index (χ1v) is 10.2. The Hall–Kier alpha value is -2.45. The minimum absolute atomic E-state index is 0.128. The third kappa shape index (κ3) is 4.59. The van der Waals surface area contributed by atoms with Gasteiger partial charge in [-0.2, -0.15) is 0 Å². The van der Waals surface area contributed by atoms with Gasteiger partial charge < -0.3 is 4.74 Å². The molecule has 5 nitrogen and oxygen atoms in total. The van der Waals surface area contributed by atoms with Crippen LogP contribution < -0.4 is 9.46 Å². The predicted octanol–water partition coefficient (Wildman–Crippen LogP) is 4.07. The van der Waals surface area contributed by atoms with Crippen molar-refractivity contribution in [2.24, 2.45) is 0 Å². The SMILES string of the molecule is CCOc1ccc(S(=O)(=O)Nc2ncc(Cc3cccc(F)c3)s2)cc1. The van der Waals surface area contributed by atoms with Crippen molar-refractivity contribution >= 4 is 26.5 Å². The van der Waals surface area contributed by atoms with Crippen LogP contribution in [0, 0.1) is 5.82 Å². The number of thiazole rings is 1. The van der Waals surface area contributed by atoms with E-state index in [2.05, 4.69) is 9.71 Å². The number of hydrogen-bond donors (Lipinski definition) is 1. The first kappa shape index (κ1) is 18.3. The molecule has 8 heteroatoms. The summed E-state index contributed by atoms with van der Waals surface area (Å²) in [6.45, 7) is 2.37. The number of sulfonamides is 1. The number of aromatic nitrogens is 1. The number of nitrogens with zero attached hydrogens (tertiary/aromatic N) is 1. The Morgan fingerprint density at radius 2 is 1.96 bits per heavy atom. The van der Waals surface area contributed by atoms with Crippen LogP contribution in [-0.2, 0) is 16.4 Å². The second kappa shape index (κ2) is 7.84. The highest BCUT2D eigenvalue weighted by atomic mass is 32.2. The van der Waals surface area contributed by atoms with E-state index in [1.807, 2.05) is 13.0 Å². The van der Waals surface area contributed by atoms with Crippen molar-refractivity contribution in [1.82, 2.24) is 4.98 Å². The van der Waals surface area contributed by atoms with Crippen molar-refractivity contribution in [3.8, 4) is 5.75 Å². The number of nitrogens with one attached hydrogen (secondary N) is 1. The Bertz CT molecular complexity index is 986. The summed E-state index contributed by atoms with van der Waals surface area (Å²) >= 11 is 1.22. The second-order valence-electron chi connectivity index (χ2n) is 5.45. The van der Waals surface area contributed by atoms with Gasteiger partial charge in [-0.15, -0.1) is 11.3 Å². The molecule has 1 N–H and O–H groups in total. The van der Waals surface area contributed by atoms with Gasteiger partial charge in [-0.1, -0.05) is 12.1 Å². The molecule has 0 atom stereocenters. The van der Waals surface area contributed by atoms with Crippen molar-refractivity contribution in [2.45, 2.75) is 18.2 Å². The maximum absolute atomic E-state index is 13.2. The van der Waals surface area contributed by atoms with Gasteiger partial charge in [0.2, 0.25) is 0 Å². The molecule has 0 bridgehead atoms. The zero-order valence-corrected chi connectivity index (χ0v) is 15.6. The summed E-state index contributed by atoms with van der Waals surface area (Å²) in [7, 11) is -3.73. The van der Waals surface area contributed by atoms with E-state index < -0.39 is 10.0 Å². The van der Waals surface area contributed by atoms with Crippen molar-refractivity contribution in [2.75, 3.05) is 11.3 Å². The summed E-state index contributed by atoms with van der Waals surface area (Å²) in [5.41, 5.74) is 0.801. The molecule has 0 spiro atoms. The molecule has 0 saturated heterocycles. The lowest BCUT2D eigenvalue weighted by Crippen LogP contribution is -2.12. The van der Waals surface area contributed by atoms with Crippen LogP contribution in [0.15, 0.2) is 59.6 Å². The van der Waals surface area contributed by atoms with Crippen LogP contribution in [0.2, 0.25) is 0 Å². The molecule has 0 fully saturated rings. The Kier molecular flexibility index (Phi) is 5.53. The molecular formula is C18H17FN2O3S2. The molecule has 1 aromatic heterocycles. The van der Waals surface area contributed by atoms with Crippen LogP contribution in [0.3, 0.4) is 0 Å². The van der Waals surface area contributed by atoms with Crippen molar-refractivity contribution in [1.29, 1.82) is 0 Å². The summed E-state index contributed by atoms with van der Waals surface area (Å²) in [6, 6.07) is 12.5. The lowest BCUT2D eigenvalue weighted by molar-refractivity contribution is 0.340. The molecule has 3 aromatic rings. The van der Waals surface area contributed by atoms with Crippen LogP contribution in [0.5, 0.6) is 5.75 Å². The Labute approximate surface area is 155 Å². The molecule has 0 amide bonds. The highest BCUT2D eigenvalue weighted by Crippen LogP contribution is 2.25. The average molecular weight is 392 g/mol. The summed E-state index contributed by atoms with van der Waals surface area (Å²) in [4.78, 5) is 5.06. The summed E-state index contributed by atoms with van der Waals surface area (Å²) < 4.78 is 45.9. The molecule has 0 aliphatic heterocycles. The fourth-order valence-corrected chi connectivity index (χ4v) is 4.43. The van der Waals surface area contributed by atoms with Crippen LogP contribution in [0.25, 0.3) is 0 Å². The zero-order valence-electron chi connectivity index (χ0n) is 14.0. The molecule has 0 unspecified atom stereocenters. The second-order valence-corrected chi connectivity index (χ2v) is 8.25. The largest absolute Gasteiger partial charge is 0.494 e. The number of ether oxygens (including phenoxy) is 1. The number of benzene rings is 2. The minimum Gasteiger partial charge on any atom is -0.494 e. The van der Waals surface area contributed by atoms with E-state index in [1.165, 1.54) is 35.6 Å². The minimum atomic E-state index is -3.73. The van der Waals surface area contributed by atoms with Crippen molar-refractivity contribution in [3.05, 3.63) is 71.0 Å². The molecule has 26 heavy (non-hydrogen) atoms. The van der Waals surface area contributed by atoms with E-state index in [9.17, 15) is 12.8 Å². The van der Waals surface area contributed by atoms with Crippen LogP contribution in [0.1, 0.15) is 17.4 Å². The normalized spacial score (nSPS) is 11.3. The standard InChI is InChI=1S/C18H17FN2O3S2/c1-2-24-15-6-8-17(9-7-15)26(22,23)21-18-20-12-16(25-18)11-13-4-3-5-14(19)10-13/h3-10,12H,2,11H2,1H3,(H,20,21). The number of anilines is 1. The molecule has 0 aliphatic rings. The maximum atomic E-state index is 13.2. The maximum Gasteiger partial charge on any atom is 0.263 e. The van der Waals surface area contributed by atoms with E-state index >= 15 is 0 Å². The van der Waals surface area contributed by atoms with Gasteiger partial charge >= 0.3 is 0 Å². The van der Waals surface area contributed by atoms with Gasteiger partial charge in [-0.25, -0.2) is 17.8 Å². The molecule has 2 aromatic carbocycles. The fraction of sp³-hybridized carbons (Fsp3) is 0.167. The quantitative estimate of drug-likeness (QED) is 0.658. The van der Waals surface area contributed by atoms with Gasteiger partial charge in [0.15, 0.2) is 5.13 Å². The highest BCUT2D eigenvalue weighted by Gasteiger charge is 2.16. The van der Waals surface area contributed by atoms with Gasteiger partial charge in [0.25, 0.3) is 10.0 Å². The number of rotatable bonds is 7. The van der Waals surface area contributed by atoms with Gasteiger partial charge in [-0.05, 0) is 48.9 Å². The van der Waals surface area contributed by atoms with E-state index in [0.29, 0.717) is 18.8 Å². The molecule has 1 heterocycles. The topological polar surface area (TPSA) is 68.3 Å². The predicted molar refractivity (Wildman–Crippen MR) is 99.7 cm³/mol. The van der Waals surface area contributed by atoms with E-state index in [4.69, 9.17) is 4.74 Å². The number of hydrogen-bond acceptors (Lipinski definition) is 5. The van der Waals surface area contributed by atoms with E-state index in [-0.39, 0.29) is 15.8 Å². The third-order valence-electron chi connectivity index (χ3n) is 3.49. The first-order chi connectivity index (χ1) is 12.5. The Balaban J connectivity index is 1.71. The molecule has 3 rings (SSSR count). The smallest absolute Gasteiger partial charge is 0.263 e. The lowest BCUT2D eigenvalue weighted by Gasteiger charge is -2.07. The summed E-state index contributed by atoms with van der Waals surface area (Å²) in [6.07, 6.45) is 2.08. The van der Waals surface area contributed by atoms with Crippen LogP contribution in [-0.4, -0.2) is 20.0 Å². The number of halogens is 1. The molecule has 0 saturated carbocycles. The molecular weight excluding hydrogens is 375 g/mol. The molecule has 136 valence electrons. The van der Waals surface area contributed by atoms with Gasteiger partial charge in [0.1, 0.15) is 11.6 Å². The lowest BCUT2D eigenvalue weighted by atomic mass is 10.1. The van der Waals surface area contributed by atoms with Crippen molar-refractivity contribution < 1.29 is 17.5 Å². The zero-order chi connectivity index (χ0) is 18.6. The Morgan fingerprint density at radius 1 is 1.19 bits per heavy atom. The Morgan fingerprint density at radius 3 is 2.65 bits per heavy atom. The highest BCUT2D eigenvalue weighted by molar-refractivity contribution is 7.93. The van der Waals surface area contributed by atoms with Crippen LogP contribution >= 0.6 is 11.3 Å². The van der Waals surface area contributed by atoms with E-state index in [0.717, 1.165) is 10.4 Å². The van der Waals surface area contributed by atoms with E-state index in [1.54, 1.807) is 24.4 Å². The average Bonchev–Trinajstić information content (AvgIpc) is 3.02. The molecule has 0 aliphatic carbocycles. The summed E-state index contributed by atoms with van der Waals surface area (Å²) in [5.74, 6) is 0.307. The monoisotopic (exact) mass is 392 g/mol. The van der Waals surface area contributed by atoms with Gasteiger partial charge in [0.05, 0.1) is 11.5 Å². The van der Waals surface area contributed by atoms with Crippen molar-refractivity contribution in [3.63, 3.8) is 0 Å². The van der Waals surface area contributed by atoms with Gasteiger partial charge in [0, 0.05) is 17.5 Å².